The zero-order chi connectivity index (χ0) is 21.4. The van der Waals surface area contributed by atoms with Gasteiger partial charge < -0.3 is 23.7 Å². The van der Waals surface area contributed by atoms with Gasteiger partial charge in [-0.3, -0.25) is 14.4 Å². The van der Waals surface area contributed by atoms with Crippen LogP contribution in [0.3, 0.4) is 0 Å². The van der Waals surface area contributed by atoms with Crippen molar-refractivity contribution in [1.29, 1.82) is 0 Å². The van der Waals surface area contributed by atoms with Gasteiger partial charge in [0, 0.05) is 18.8 Å². The van der Waals surface area contributed by atoms with Crippen LogP contribution in [0.5, 0.6) is 0 Å². The first kappa shape index (κ1) is 23.1. The molecule has 0 aromatic carbocycles. The van der Waals surface area contributed by atoms with Crippen LogP contribution in [0.1, 0.15) is 32.1 Å². The van der Waals surface area contributed by atoms with Gasteiger partial charge in [0.05, 0.1) is 34.5 Å². The van der Waals surface area contributed by atoms with Crippen molar-refractivity contribution in [2.75, 3.05) is 34.5 Å². The van der Waals surface area contributed by atoms with Gasteiger partial charge in [0.25, 0.3) is 0 Å². The summed E-state index contributed by atoms with van der Waals surface area (Å²) in [6, 6.07) is 0. The number of hydrogen-bond acceptors (Lipinski definition) is 8. The molecule has 0 N–H and O–H groups in total. The highest BCUT2D eigenvalue weighted by Gasteiger charge is 2.52. The van der Waals surface area contributed by atoms with Crippen molar-refractivity contribution in [2.24, 2.45) is 17.8 Å². The molecule has 1 saturated heterocycles. The Hall–Kier alpha value is -2.19. The minimum absolute atomic E-state index is 0.00478. The molecule has 2 aliphatic rings. The molecule has 29 heavy (non-hydrogen) atoms. The molecule has 1 aliphatic heterocycles. The lowest BCUT2D eigenvalue weighted by Gasteiger charge is -2.31. The molecule has 0 radical (unpaired) electrons. The van der Waals surface area contributed by atoms with Crippen molar-refractivity contribution in [2.45, 2.75) is 37.9 Å². The van der Waals surface area contributed by atoms with E-state index in [4.69, 9.17) is 14.2 Å². The van der Waals surface area contributed by atoms with Crippen LogP contribution in [0.15, 0.2) is 24.3 Å². The Kier molecular flexibility index (Phi) is 8.40. The number of esters is 3. The summed E-state index contributed by atoms with van der Waals surface area (Å²) in [5.74, 6) is -3.18. The molecule has 1 saturated carbocycles. The Morgan fingerprint density at radius 3 is 2.28 bits per heavy atom. The van der Waals surface area contributed by atoms with E-state index in [0.717, 1.165) is 12.8 Å². The molecule has 1 heterocycles. The van der Waals surface area contributed by atoms with Crippen LogP contribution < -0.4 is 0 Å². The largest absolute Gasteiger partial charge is 0.469 e. The molecule has 162 valence electrons. The highest BCUT2D eigenvalue weighted by atomic mass is 16.7. The molecule has 0 aromatic heterocycles. The molecule has 0 bridgehead atoms. The van der Waals surface area contributed by atoms with Gasteiger partial charge in [-0.05, 0) is 25.2 Å². The number of allylic oxidation sites excluding steroid dienone is 3. The topological polar surface area (TPSA) is 97.4 Å². The van der Waals surface area contributed by atoms with Crippen LogP contribution in [-0.2, 0) is 38.1 Å². The molecule has 0 aromatic rings. The fourth-order valence-electron chi connectivity index (χ4n) is 4.13. The summed E-state index contributed by atoms with van der Waals surface area (Å²) in [4.78, 5) is 35.4. The summed E-state index contributed by atoms with van der Waals surface area (Å²) in [5.41, 5.74) is 0.593. The van der Waals surface area contributed by atoms with E-state index in [2.05, 4.69) is 16.1 Å². The van der Waals surface area contributed by atoms with Gasteiger partial charge in [-0.15, -0.1) is 0 Å². The van der Waals surface area contributed by atoms with Crippen molar-refractivity contribution >= 4 is 17.9 Å². The predicted molar refractivity (Wildman–Crippen MR) is 103 cm³/mol. The number of carbonyl (C=O) groups is 3. The second-order valence-corrected chi connectivity index (χ2v) is 7.29. The molecule has 2 atom stereocenters. The van der Waals surface area contributed by atoms with Gasteiger partial charge in [-0.2, -0.15) is 0 Å². The molecule has 1 aliphatic carbocycles. The summed E-state index contributed by atoms with van der Waals surface area (Å²) in [7, 11) is 3.83. The average molecular weight is 410 g/mol. The van der Waals surface area contributed by atoms with Crippen LogP contribution in [0.2, 0.25) is 0 Å². The summed E-state index contributed by atoms with van der Waals surface area (Å²) < 4.78 is 26.0. The van der Waals surface area contributed by atoms with Gasteiger partial charge in [0.15, 0.2) is 11.7 Å². The molecular weight excluding hydrogens is 380 g/mol. The van der Waals surface area contributed by atoms with E-state index in [9.17, 15) is 14.4 Å². The highest BCUT2D eigenvalue weighted by molar-refractivity contribution is 5.95. The van der Waals surface area contributed by atoms with E-state index in [1.165, 1.54) is 21.3 Å². The second-order valence-electron chi connectivity index (χ2n) is 7.29. The van der Waals surface area contributed by atoms with Gasteiger partial charge in [-0.1, -0.05) is 24.3 Å². The van der Waals surface area contributed by atoms with E-state index < -0.39 is 23.6 Å². The van der Waals surface area contributed by atoms with Gasteiger partial charge in [0.1, 0.15) is 0 Å². The van der Waals surface area contributed by atoms with Gasteiger partial charge in [0.2, 0.25) is 0 Å². The van der Waals surface area contributed by atoms with Crippen molar-refractivity contribution in [3.8, 4) is 0 Å². The Morgan fingerprint density at radius 2 is 1.72 bits per heavy atom. The van der Waals surface area contributed by atoms with E-state index in [1.54, 1.807) is 6.08 Å². The fraction of sp³-hybridized carbons (Fsp3) is 0.667. The Morgan fingerprint density at radius 1 is 1.10 bits per heavy atom. The number of ether oxygens (including phenoxy) is 5. The van der Waals surface area contributed by atoms with Crippen LogP contribution in [0.4, 0.5) is 0 Å². The Bertz CT molecular complexity index is 631. The summed E-state index contributed by atoms with van der Waals surface area (Å²) >= 11 is 0. The van der Waals surface area contributed by atoms with Crippen LogP contribution in [0, 0.1) is 17.8 Å². The van der Waals surface area contributed by atoms with E-state index in [-0.39, 0.29) is 24.2 Å². The lowest BCUT2D eigenvalue weighted by Crippen LogP contribution is -2.37. The second kappa shape index (κ2) is 10.5. The first-order chi connectivity index (χ1) is 13.9. The quantitative estimate of drug-likeness (QED) is 0.247. The smallest absolute Gasteiger partial charge is 0.320 e. The molecule has 0 unspecified atom stereocenters. The van der Waals surface area contributed by atoms with Crippen molar-refractivity contribution in [3.05, 3.63) is 24.3 Å². The highest BCUT2D eigenvalue weighted by Crippen LogP contribution is 2.49. The van der Waals surface area contributed by atoms with Gasteiger partial charge >= 0.3 is 17.9 Å². The lowest BCUT2D eigenvalue weighted by molar-refractivity contribution is -0.186. The van der Waals surface area contributed by atoms with Crippen LogP contribution >= 0.6 is 0 Å². The monoisotopic (exact) mass is 410 g/mol. The predicted octanol–water partition coefficient (Wildman–Crippen LogP) is 2.17. The van der Waals surface area contributed by atoms with Crippen molar-refractivity contribution in [1.82, 2.24) is 0 Å². The molecule has 8 nitrogen and oxygen atoms in total. The van der Waals surface area contributed by atoms with Crippen LogP contribution in [0.25, 0.3) is 0 Å². The standard InChI is InChI=1S/C21H30O8/c1-14(12-16(19(23)26-3)20(24)27-4)6-5-7-17-15(13-18(22)25-2)8-9-21(17)28-10-11-29-21/h5-6,15-17H,1,7-13H2,2-4H3/b6-5+/t15-,17-/m1/s1. The SMILES string of the molecule is C=C(/C=C/C[C@@H]1[C@@H](CC(=O)OC)CCC12OCCO2)CC(C(=O)OC)C(=O)OC. The zero-order valence-electron chi connectivity index (χ0n) is 17.3. The third-order valence-electron chi connectivity index (χ3n) is 5.61. The normalized spacial score (nSPS) is 22.9. The van der Waals surface area contributed by atoms with Crippen LogP contribution in [-0.4, -0.2) is 58.2 Å². The number of carbonyl (C=O) groups excluding carboxylic acids is 3. The zero-order valence-corrected chi connectivity index (χ0v) is 17.3. The molecule has 8 heteroatoms. The summed E-state index contributed by atoms with van der Waals surface area (Å²) in [5, 5.41) is 0. The maximum atomic E-state index is 11.8. The van der Waals surface area contributed by atoms with Gasteiger partial charge in [-0.25, -0.2) is 0 Å². The molecule has 2 rings (SSSR count). The maximum Gasteiger partial charge on any atom is 0.320 e. The fourth-order valence-corrected chi connectivity index (χ4v) is 4.13. The van der Waals surface area contributed by atoms with Crippen molar-refractivity contribution < 1.29 is 38.1 Å². The minimum Gasteiger partial charge on any atom is -0.469 e. The first-order valence-electron chi connectivity index (χ1n) is 9.71. The molecule has 1 spiro atoms. The lowest BCUT2D eigenvalue weighted by atomic mass is 9.87. The third kappa shape index (κ3) is 5.67. The third-order valence-corrected chi connectivity index (χ3v) is 5.61. The van der Waals surface area contributed by atoms with Crippen molar-refractivity contribution in [3.63, 3.8) is 0 Å². The average Bonchev–Trinajstić information content (AvgIpc) is 3.33. The number of hydrogen-bond donors (Lipinski definition) is 0. The first-order valence-corrected chi connectivity index (χ1v) is 9.71. The summed E-state index contributed by atoms with van der Waals surface area (Å²) in [6.45, 7) is 5.00. The van der Waals surface area contributed by atoms with E-state index in [0.29, 0.717) is 31.6 Å². The minimum atomic E-state index is -1.05. The number of rotatable bonds is 9. The molecule has 0 amide bonds. The summed E-state index contributed by atoms with van der Waals surface area (Å²) in [6.07, 6.45) is 6.28. The molecule has 2 fully saturated rings. The number of methoxy groups -OCH3 is 3. The van der Waals surface area contributed by atoms with E-state index >= 15 is 0 Å². The molecular formula is C21H30O8. The maximum absolute atomic E-state index is 11.8. The Balaban J connectivity index is 2.02. The van der Waals surface area contributed by atoms with E-state index in [1.807, 2.05) is 6.08 Å². The Labute approximate surface area is 171 Å².